The number of nitrogens with one attached hydrogen (secondary N) is 2. The smallest absolute Gasteiger partial charge is 0.488 e. The first kappa shape index (κ1) is 31.9. The van der Waals surface area contributed by atoms with Gasteiger partial charge in [0.2, 0.25) is 5.91 Å². The average Bonchev–Trinajstić information content (AvgIpc) is 3.36. The van der Waals surface area contributed by atoms with Crippen LogP contribution in [0, 0.1) is 6.92 Å². The van der Waals surface area contributed by atoms with Gasteiger partial charge in [0.25, 0.3) is 5.91 Å². The Balaban J connectivity index is 1.32. The Kier molecular flexibility index (Phi) is 10.3. The van der Waals surface area contributed by atoms with Gasteiger partial charge < -0.3 is 25.4 Å². The maximum absolute atomic E-state index is 12.7. The fourth-order valence-electron chi connectivity index (χ4n) is 5.15. The van der Waals surface area contributed by atoms with E-state index in [4.69, 9.17) is 21.3 Å². The number of nitrogens with zero attached hydrogens (tertiary/aromatic N) is 4. The Labute approximate surface area is 266 Å². The fraction of sp³-hybridized carbons (Fsp3) is 0.281. The van der Waals surface area contributed by atoms with Gasteiger partial charge in [-0.25, -0.2) is 0 Å². The van der Waals surface area contributed by atoms with Crippen LogP contribution in [-0.4, -0.2) is 69.2 Å². The molecule has 1 aromatic heterocycles. The SMILES string of the molecule is CCNC(=O)C[C@@H]1N=C(c2ccc(Cl)cc2)c2cc(OCCCCNC(=O)c3cccc(B(O)O)c3)ccc2-n2c(C)nnc21. The molecule has 2 heterocycles. The number of benzene rings is 3. The molecule has 2 amide bonds. The number of hydrogen-bond donors (Lipinski definition) is 4. The van der Waals surface area contributed by atoms with Crippen molar-refractivity contribution in [2.24, 2.45) is 4.99 Å². The minimum atomic E-state index is -1.63. The van der Waals surface area contributed by atoms with Crippen molar-refractivity contribution >= 4 is 41.7 Å². The van der Waals surface area contributed by atoms with Crippen LogP contribution in [0.5, 0.6) is 5.75 Å². The number of unbranched alkanes of at least 4 members (excludes halogenated alkanes) is 1. The molecule has 0 radical (unpaired) electrons. The molecule has 232 valence electrons. The zero-order valence-electron chi connectivity index (χ0n) is 25.0. The van der Waals surface area contributed by atoms with Gasteiger partial charge in [0.15, 0.2) is 5.82 Å². The summed E-state index contributed by atoms with van der Waals surface area (Å²) in [5.74, 6) is 1.49. The zero-order chi connectivity index (χ0) is 31.9. The largest absolute Gasteiger partial charge is 0.494 e. The molecule has 4 aromatic rings. The molecule has 13 heteroatoms. The monoisotopic (exact) mass is 628 g/mol. The summed E-state index contributed by atoms with van der Waals surface area (Å²) in [6, 6.07) is 18.8. The summed E-state index contributed by atoms with van der Waals surface area (Å²) >= 11 is 6.20. The van der Waals surface area contributed by atoms with Crippen LogP contribution < -0.4 is 20.8 Å². The number of fused-ring (bicyclic) bond motifs is 3. The van der Waals surface area contributed by atoms with E-state index in [-0.39, 0.29) is 23.7 Å². The summed E-state index contributed by atoms with van der Waals surface area (Å²) in [6.07, 6.45) is 1.49. The van der Waals surface area contributed by atoms with E-state index in [1.54, 1.807) is 30.3 Å². The van der Waals surface area contributed by atoms with Crippen molar-refractivity contribution in [1.29, 1.82) is 0 Å². The van der Waals surface area contributed by atoms with E-state index in [9.17, 15) is 19.6 Å². The standard InChI is InChI=1S/C32H34BClN6O5/c1-3-35-29(41)19-27-31-39-38-20(2)40(31)28-14-13-25(18-26(28)30(37-27)21-9-11-24(34)12-10-21)45-16-5-4-15-36-32(42)22-7-6-8-23(17-22)33(43)44/h6-14,17-18,27,43-44H,3-5,15-16,19H2,1-2H3,(H,35,41)(H,36,42)/t27-/m0/s1. The van der Waals surface area contributed by atoms with Gasteiger partial charge in [-0.15, -0.1) is 10.2 Å². The lowest BCUT2D eigenvalue weighted by Crippen LogP contribution is -2.32. The van der Waals surface area contributed by atoms with Crippen molar-refractivity contribution in [2.75, 3.05) is 19.7 Å². The third-order valence-corrected chi connectivity index (χ3v) is 7.59. The van der Waals surface area contributed by atoms with Crippen molar-refractivity contribution in [2.45, 2.75) is 39.2 Å². The lowest BCUT2D eigenvalue weighted by Gasteiger charge is -2.15. The number of aliphatic imine (C=N–C) groups is 1. The first-order chi connectivity index (χ1) is 21.7. The van der Waals surface area contributed by atoms with Gasteiger partial charge in [-0.1, -0.05) is 35.9 Å². The Morgan fingerprint density at radius 1 is 1.02 bits per heavy atom. The van der Waals surface area contributed by atoms with E-state index in [1.165, 1.54) is 6.07 Å². The van der Waals surface area contributed by atoms with Gasteiger partial charge in [0, 0.05) is 34.8 Å². The van der Waals surface area contributed by atoms with Crippen molar-refractivity contribution in [3.8, 4) is 11.4 Å². The molecule has 0 unspecified atom stereocenters. The number of carbonyl (C=O) groups is 2. The molecular formula is C32H34BClN6O5. The Morgan fingerprint density at radius 2 is 1.82 bits per heavy atom. The summed E-state index contributed by atoms with van der Waals surface area (Å²) in [7, 11) is -1.63. The average molecular weight is 629 g/mol. The number of aromatic nitrogens is 3. The highest BCUT2D eigenvalue weighted by Gasteiger charge is 2.30. The van der Waals surface area contributed by atoms with Crippen LogP contribution >= 0.6 is 11.6 Å². The number of carbonyl (C=O) groups excluding carboxylic acids is 2. The number of halogens is 1. The van der Waals surface area contributed by atoms with Crippen molar-refractivity contribution in [3.63, 3.8) is 0 Å². The Hall–Kier alpha value is -4.52. The molecule has 0 aliphatic carbocycles. The number of hydrogen-bond acceptors (Lipinski definition) is 8. The molecule has 11 nitrogen and oxygen atoms in total. The lowest BCUT2D eigenvalue weighted by atomic mass is 9.79. The van der Waals surface area contributed by atoms with E-state index in [1.807, 2.05) is 48.7 Å². The molecule has 0 bridgehead atoms. The molecule has 3 aromatic carbocycles. The molecule has 0 saturated heterocycles. The predicted molar refractivity (Wildman–Crippen MR) is 173 cm³/mol. The number of aryl methyl sites for hydroxylation is 1. The molecule has 1 aliphatic heterocycles. The van der Waals surface area contributed by atoms with Crippen LogP contribution in [0.15, 0.2) is 71.7 Å². The topological polar surface area (TPSA) is 151 Å². The highest BCUT2D eigenvalue weighted by Crippen LogP contribution is 2.34. The van der Waals surface area contributed by atoms with E-state index in [0.29, 0.717) is 66.2 Å². The predicted octanol–water partition coefficient (Wildman–Crippen LogP) is 2.92. The fourth-order valence-corrected chi connectivity index (χ4v) is 5.27. The third-order valence-electron chi connectivity index (χ3n) is 7.34. The first-order valence-corrected chi connectivity index (χ1v) is 15.2. The van der Waals surface area contributed by atoms with Crippen molar-refractivity contribution in [3.05, 3.63) is 100 Å². The normalized spacial score (nSPS) is 13.6. The molecule has 1 aliphatic rings. The molecule has 4 N–H and O–H groups in total. The van der Waals surface area contributed by atoms with Crippen LogP contribution in [0.3, 0.4) is 0 Å². The lowest BCUT2D eigenvalue weighted by molar-refractivity contribution is -0.121. The first-order valence-electron chi connectivity index (χ1n) is 14.8. The van der Waals surface area contributed by atoms with Crippen molar-refractivity contribution < 1.29 is 24.4 Å². The summed E-state index contributed by atoms with van der Waals surface area (Å²) < 4.78 is 8.06. The third kappa shape index (κ3) is 7.59. The molecule has 45 heavy (non-hydrogen) atoms. The van der Waals surface area contributed by atoms with Crippen LogP contribution in [-0.2, 0) is 4.79 Å². The molecule has 0 saturated carbocycles. The van der Waals surface area contributed by atoms with E-state index >= 15 is 0 Å². The van der Waals surface area contributed by atoms with Gasteiger partial charge in [0.05, 0.1) is 24.4 Å². The molecule has 1 atom stereocenters. The van der Waals surface area contributed by atoms with E-state index in [0.717, 1.165) is 16.8 Å². The van der Waals surface area contributed by atoms with E-state index < -0.39 is 13.2 Å². The molecule has 0 spiro atoms. The summed E-state index contributed by atoms with van der Waals surface area (Å²) in [5.41, 5.74) is 3.78. The van der Waals surface area contributed by atoms with Crippen LogP contribution in [0.25, 0.3) is 5.69 Å². The highest BCUT2D eigenvalue weighted by atomic mass is 35.5. The molecule has 0 fully saturated rings. The van der Waals surface area contributed by atoms with Gasteiger partial charge in [-0.05, 0) is 74.6 Å². The molecular weight excluding hydrogens is 595 g/mol. The maximum atomic E-state index is 12.7. The second kappa shape index (κ2) is 14.5. The number of rotatable bonds is 12. The summed E-state index contributed by atoms with van der Waals surface area (Å²) in [6.45, 7) is 5.12. The number of amides is 2. The van der Waals surface area contributed by atoms with Gasteiger partial charge in [-0.2, -0.15) is 0 Å². The van der Waals surface area contributed by atoms with Crippen molar-refractivity contribution in [1.82, 2.24) is 25.4 Å². The zero-order valence-corrected chi connectivity index (χ0v) is 25.8. The molecule has 5 rings (SSSR count). The Bertz CT molecular complexity index is 1710. The maximum Gasteiger partial charge on any atom is 0.488 e. The van der Waals surface area contributed by atoms with Crippen LogP contribution in [0.1, 0.15) is 65.4 Å². The Morgan fingerprint density at radius 3 is 2.58 bits per heavy atom. The highest BCUT2D eigenvalue weighted by molar-refractivity contribution is 6.58. The quantitative estimate of drug-likeness (QED) is 0.139. The summed E-state index contributed by atoms with van der Waals surface area (Å²) in [4.78, 5) is 30.2. The second-order valence-electron chi connectivity index (χ2n) is 10.6. The van der Waals surface area contributed by atoms with E-state index in [2.05, 4.69) is 20.8 Å². The van der Waals surface area contributed by atoms with Crippen LogP contribution in [0.2, 0.25) is 5.02 Å². The second-order valence-corrected chi connectivity index (χ2v) is 11.0. The van der Waals surface area contributed by atoms with Crippen LogP contribution in [0.4, 0.5) is 0 Å². The number of ether oxygens (including phenoxy) is 1. The van der Waals surface area contributed by atoms with Gasteiger partial charge in [0.1, 0.15) is 17.6 Å². The minimum Gasteiger partial charge on any atom is -0.494 e. The van der Waals surface area contributed by atoms with Gasteiger partial charge in [-0.3, -0.25) is 19.1 Å². The van der Waals surface area contributed by atoms with Gasteiger partial charge >= 0.3 is 7.12 Å². The summed E-state index contributed by atoms with van der Waals surface area (Å²) in [5, 5.41) is 33.7. The minimum absolute atomic E-state index is 0.117.